The standard InChI is InChI=1S/C16H14ClNO2.ClH/c1-19-14-7-6-11(17)9-12(14)16(18)15-8-10-4-2-3-5-13(10)20-15;/h2-9,16H,18H2,1H3;1H. The molecule has 0 radical (unpaired) electrons. The van der Waals surface area contributed by atoms with Gasteiger partial charge in [0.15, 0.2) is 0 Å². The third kappa shape index (κ3) is 3.00. The summed E-state index contributed by atoms with van der Waals surface area (Å²) in [5, 5.41) is 1.64. The van der Waals surface area contributed by atoms with Crippen LogP contribution >= 0.6 is 24.0 Å². The molecule has 0 saturated heterocycles. The third-order valence-corrected chi connectivity index (χ3v) is 3.51. The number of methoxy groups -OCH3 is 1. The molecule has 2 N–H and O–H groups in total. The number of rotatable bonds is 3. The summed E-state index contributed by atoms with van der Waals surface area (Å²) in [5.74, 6) is 1.38. The number of ether oxygens (including phenoxy) is 1. The molecule has 1 unspecified atom stereocenters. The summed E-state index contributed by atoms with van der Waals surface area (Å²) in [6, 6.07) is 14.7. The Morgan fingerprint density at radius 3 is 2.62 bits per heavy atom. The van der Waals surface area contributed by atoms with Crippen molar-refractivity contribution in [2.24, 2.45) is 5.73 Å². The smallest absolute Gasteiger partial charge is 0.134 e. The molecule has 0 bridgehead atoms. The Bertz CT molecular complexity index is 722. The summed E-state index contributed by atoms with van der Waals surface area (Å²) in [5.41, 5.74) is 7.92. The van der Waals surface area contributed by atoms with Crippen LogP contribution < -0.4 is 10.5 Å². The van der Waals surface area contributed by atoms with E-state index in [1.54, 1.807) is 25.3 Å². The van der Waals surface area contributed by atoms with Gasteiger partial charge in [-0.05, 0) is 30.3 Å². The fourth-order valence-electron chi connectivity index (χ4n) is 2.26. The molecule has 2 aromatic carbocycles. The van der Waals surface area contributed by atoms with Crippen molar-refractivity contribution in [1.29, 1.82) is 0 Å². The zero-order chi connectivity index (χ0) is 14.1. The van der Waals surface area contributed by atoms with E-state index in [9.17, 15) is 0 Å². The molecule has 3 aromatic rings. The average Bonchev–Trinajstić information content (AvgIpc) is 2.90. The molecule has 0 aliphatic heterocycles. The molecule has 1 atom stereocenters. The van der Waals surface area contributed by atoms with Crippen LogP contribution in [-0.2, 0) is 0 Å². The minimum atomic E-state index is -0.420. The van der Waals surface area contributed by atoms with Crippen LogP contribution in [0.25, 0.3) is 11.0 Å². The Balaban J connectivity index is 0.00000161. The van der Waals surface area contributed by atoms with E-state index in [0.717, 1.165) is 16.5 Å². The lowest BCUT2D eigenvalue weighted by atomic mass is 10.0. The van der Waals surface area contributed by atoms with Crippen LogP contribution in [0, 0.1) is 0 Å². The van der Waals surface area contributed by atoms with Crippen molar-refractivity contribution in [3.63, 3.8) is 0 Å². The van der Waals surface area contributed by atoms with E-state index in [1.807, 2.05) is 30.3 Å². The van der Waals surface area contributed by atoms with Gasteiger partial charge < -0.3 is 14.9 Å². The predicted molar refractivity (Wildman–Crippen MR) is 87.5 cm³/mol. The SMILES string of the molecule is COc1ccc(Cl)cc1C(N)c1cc2ccccc2o1.Cl. The number of hydrogen-bond acceptors (Lipinski definition) is 3. The summed E-state index contributed by atoms with van der Waals surface area (Å²) in [6.07, 6.45) is 0. The second kappa shape index (κ2) is 6.39. The van der Waals surface area contributed by atoms with Crippen molar-refractivity contribution in [2.75, 3.05) is 7.11 Å². The molecular formula is C16H15Cl2NO2. The normalized spacial score (nSPS) is 12.0. The van der Waals surface area contributed by atoms with Crippen LogP contribution in [0.2, 0.25) is 5.02 Å². The van der Waals surface area contributed by atoms with Gasteiger partial charge in [0, 0.05) is 16.0 Å². The van der Waals surface area contributed by atoms with Crippen LogP contribution in [0.5, 0.6) is 5.75 Å². The van der Waals surface area contributed by atoms with Crippen molar-refractivity contribution in [3.8, 4) is 5.75 Å². The molecule has 5 heteroatoms. The van der Waals surface area contributed by atoms with Crippen LogP contribution in [0.15, 0.2) is 52.9 Å². The van der Waals surface area contributed by atoms with E-state index in [1.165, 1.54) is 0 Å². The van der Waals surface area contributed by atoms with E-state index in [0.29, 0.717) is 16.5 Å². The lowest BCUT2D eigenvalue weighted by Crippen LogP contribution is -2.12. The number of hydrogen-bond donors (Lipinski definition) is 1. The van der Waals surface area contributed by atoms with Crippen LogP contribution in [0.3, 0.4) is 0 Å². The topological polar surface area (TPSA) is 48.4 Å². The van der Waals surface area contributed by atoms with Crippen molar-refractivity contribution < 1.29 is 9.15 Å². The number of furan rings is 1. The van der Waals surface area contributed by atoms with E-state index in [4.69, 9.17) is 26.5 Å². The highest BCUT2D eigenvalue weighted by Gasteiger charge is 2.18. The predicted octanol–water partition coefficient (Wildman–Crippen LogP) is 4.56. The van der Waals surface area contributed by atoms with Gasteiger partial charge >= 0.3 is 0 Å². The number of nitrogens with two attached hydrogens (primary N) is 1. The Kier molecular flexibility index (Phi) is 4.78. The largest absolute Gasteiger partial charge is 0.496 e. The fraction of sp³-hybridized carbons (Fsp3) is 0.125. The Hall–Kier alpha value is -1.68. The maximum absolute atomic E-state index is 6.29. The first kappa shape index (κ1) is 15.7. The monoisotopic (exact) mass is 323 g/mol. The Morgan fingerprint density at radius 2 is 1.90 bits per heavy atom. The zero-order valence-corrected chi connectivity index (χ0v) is 12.9. The molecule has 1 heterocycles. The first-order valence-corrected chi connectivity index (χ1v) is 6.64. The number of fused-ring (bicyclic) bond motifs is 1. The summed E-state index contributed by atoms with van der Waals surface area (Å²) < 4.78 is 11.1. The third-order valence-electron chi connectivity index (χ3n) is 3.28. The summed E-state index contributed by atoms with van der Waals surface area (Å²) in [7, 11) is 1.61. The lowest BCUT2D eigenvalue weighted by Gasteiger charge is -2.14. The van der Waals surface area contributed by atoms with Crippen molar-refractivity contribution in [2.45, 2.75) is 6.04 Å². The minimum absolute atomic E-state index is 0. The highest BCUT2D eigenvalue weighted by atomic mass is 35.5. The molecule has 0 spiro atoms. The van der Waals surface area contributed by atoms with E-state index in [2.05, 4.69) is 0 Å². The quantitative estimate of drug-likeness (QED) is 0.768. The summed E-state index contributed by atoms with van der Waals surface area (Å²) >= 11 is 6.04. The van der Waals surface area contributed by atoms with Gasteiger partial charge in [0.25, 0.3) is 0 Å². The average molecular weight is 324 g/mol. The molecule has 0 fully saturated rings. The maximum Gasteiger partial charge on any atom is 0.134 e. The van der Waals surface area contributed by atoms with Crippen LogP contribution in [0.4, 0.5) is 0 Å². The lowest BCUT2D eigenvalue weighted by molar-refractivity contribution is 0.404. The van der Waals surface area contributed by atoms with Crippen LogP contribution in [0.1, 0.15) is 17.4 Å². The molecule has 3 rings (SSSR count). The van der Waals surface area contributed by atoms with E-state index in [-0.39, 0.29) is 12.4 Å². The molecular weight excluding hydrogens is 309 g/mol. The van der Waals surface area contributed by atoms with Gasteiger partial charge in [-0.15, -0.1) is 12.4 Å². The number of para-hydroxylation sites is 1. The second-order valence-corrected chi connectivity index (χ2v) is 4.99. The van der Waals surface area contributed by atoms with Gasteiger partial charge in [-0.1, -0.05) is 29.8 Å². The van der Waals surface area contributed by atoms with Gasteiger partial charge in [-0.25, -0.2) is 0 Å². The zero-order valence-electron chi connectivity index (χ0n) is 11.4. The Labute approximate surface area is 134 Å². The summed E-state index contributed by atoms with van der Waals surface area (Å²) in [6.45, 7) is 0. The van der Waals surface area contributed by atoms with Gasteiger partial charge in [-0.2, -0.15) is 0 Å². The first-order valence-electron chi connectivity index (χ1n) is 6.26. The molecule has 0 aliphatic carbocycles. The summed E-state index contributed by atoms with van der Waals surface area (Å²) in [4.78, 5) is 0. The fourth-order valence-corrected chi connectivity index (χ4v) is 2.44. The first-order chi connectivity index (χ1) is 9.69. The van der Waals surface area contributed by atoms with Crippen molar-refractivity contribution in [3.05, 3.63) is 64.9 Å². The highest BCUT2D eigenvalue weighted by molar-refractivity contribution is 6.30. The molecule has 21 heavy (non-hydrogen) atoms. The molecule has 0 amide bonds. The van der Waals surface area contributed by atoms with E-state index < -0.39 is 6.04 Å². The van der Waals surface area contributed by atoms with Crippen molar-refractivity contribution in [1.82, 2.24) is 0 Å². The number of halogens is 2. The van der Waals surface area contributed by atoms with Crippen molar-refractivity contribution >= 4 is 35.0 Å². The van der Waals surface area contributed by atoms with Gasteiger partial charge in [0.1, 0.15) is 17.1 Å². The van der Waals surface area contributed by atoms with Gasteiger partial charge in [0.05, 0.1) is 13.2 Å². The number of benzene rings is 2. The molecule has 0 aliphatic rings. The highest BCUT2D eigenvalue weighted by Crippen LogP contribution is 2.33. The molecule has 3 nitrogen and oxygen atoms in total. The molecule has 110 valence electrons. The molecule has 1 aromatic heterocycles. The Morgan fingerprint density at radius 1 is 1.14 bits per heavy atom. The van der Waals surface area contributed by atoms with Gasteiger partial charge in [0.2, 0.25) is 0 Å². The van der Waals surface area contributed by atoms with Crippen LogP contribution in [-0.4, -0.2) is 7.11 Å². The minimum Gasteiger partial charge on any atom is -0.496 e. The van der Waals surface area contributed by atoms with Gasteiger partial charge in [-0.3, -0.25) is 0 Å². The maximum atomic E-state index is 6.29. The second-order valence-electron chi connectivity index (χ2n) is 4.55. The molecule has 0 saturated carbocycles. The van der Waals surface area contributed by atoms with E-state index >= 15 is 0 Å².